The van der Waals surface area contributed by atoms with Crippen molar-refractivity contribution in [1.29, 1.82) is 0 Å². The first kappa shape index (κ1) is 9.59. The van der Waals surface area contributed by atoms with E-state index in [1.807, 2.05) is 25.1 Å². The van der Waals surface area contributed by atoms with Crippen molar-refractivity contribution in [2.24, 2.45) is 4.99 Å². The molecule has 0 fully saturated rings. The lowest BCUT2D eigenvalue weighted by Crippen LogP contribution is -2.10. The third-order valence-corrected chi connectivity index (χ3v) is 3.05. The van der Waals surface area contributed by atoms with Crippen LogP contribution in [0.4, 0.5) is 5.69 Å². The predicted molar refractivity (Wildman–Crippen MR) is 61.2 cm³/mol. The molecule has 0 radical (unpaired) electrons. The molecule has 1 aliphatic rings. The second-order valence-electron chi connectivity index (χ2n) is 3.09. The molecule has 0 amide bonds. The maximum Gasteiger partial charge on any atom is 0.187 e. The van der Waals surface area contributed by atoms with E-state index in [0.29, 0.717) is 0 Å². The van der Waals surface area contributed by atoms with E-state index in [1.54, 1.807) is 11.8 Å². The maximum atomic E-state index is 5.67. The zero-order valence-electron chi connectivity index (χ0n) is 8.36. The van der Waals surface area contributed by atoms with Crippen molar-refractivity contribution in [3.63, 3.8) is 0 Å². The summed E-state index contributed by atoms with van der Waals surface area (Å²) >= 11 is 1.80. The van der Waals surface area contributed by atoms with E-state index < -0.39 is 0 Å². The summed E-state index contributed by atoms with van der Waals surface area (Å²) in [5.74, 6) is 1.81. The van der Waals surface area contributed by atoms with E-state index in [0.717, 1.165) is 17.3 Å². The summed E-state index contributed by atoms with van der Waals surface area (Å²) in [6, 6.07) is 8.15. The number of thioether (sulfide) groups is 1. The van der Waals surface area contributed by atoms with Crippen LogP contribution in [0.25, 0.3) is 0 Å². The molecule has 1 aliphatic heterocycles. The zero-order chi connectivity index (χ0) is 9.97. The highest BCUT2D eigenvalue weighted by molar-refractivity contribution is 7.99. The first-order chi connectivity index (χ1) is 6.81. The third-order valence-electron chi connectivity index (χ3n) is 2.06. The second-order valence-corrected chi connectivity index (χ2v) is 4.43. The van der Waals surface area contributed by atoms with Crippen molar-refractivity contribution in [1.82, 2.24) is 0 Å². The molecule has 1 heterocycles. The van der Waals surface area contributed by atoms with Crippen molar-refractivity contribution in [3.8, 4) is 0 Å². The van der Waals surface area contributed by atoms with Gasteiger partial charge < -0.3 is 4.74 Å². The number of rotatable bonds is 2. The van der Waals surface area contributed by atoms with Gasteiger partial charge in [-0.05, 0) is 11.8 Å². The Bertz CT molecular complexity index is 362. The average Bonchev–Trinajstić information content (AvgIpc) is 2.18. The van der Waals surface area contributed by atoms with E-state index >= 15 is 0 Å². The fourth-order valence-electron chi connectivity index (χ4n) is 1.48. The first-order valence-electron chi connectivity index (χ1n) is 4.73. The minimum Gasteiger partial charge on any atom is -0.462 e. The number of benzene rings is 1. The molecule has 0 spiro atoms. The molecule has 0 saturated heterocycles. The maximum absolute atomic E-state index is 5.67. The molecule has 1 unspecified atom stereocenters. The molecule has 1 atom stereocenters. The fourth-order valence-corrected chi connectivity index (χ4v) is 2.37. The quantitative estimate of drug-likeness (QED) is 0.740. The normalized spacial score (nSPS) is 19.6. The van der Waals surface area contributed by atoms with Crippen LogP contribution in [0.15, 0.2) is 29.3 Å². The summed E-state index contributed by atoms with van der Waals surface area (Å²) in [6.45, 7) is 4.04. The molecule has 0 saturated carbocycles. The van der Waals surface area contributed by atoms with Gasteiger partial charge in [0.1, 0.15) is 0 Å². The van der Waals surface area contributed by atoms with E-state index in [4.69, 9.17) is 4.74 Å². The van der Waals surface area contributed by atoms with Gasteiger partial charge in [-0.15, -0.1) is 11.8 Å². The summed E-state index contributed by atoms with van der Waals surface area (Å²) < 4.78 is 5.67. The number of para-hydroxylation sites is 1. The van der Waals surface area contributed by atoms with E-state index in [2.05, 4.69) is 18.0 Å². The van der Waals surface area contributed by atoms with Crippen molar-refractivity contribution < 1.29 is 4.74 Å². The van der Waals surface area contributed by atoms with Crippen molar-refractivity contribution in [2.45, 2.75) is 19.3 Å². The Balaban J connectivity index is 2.37. The number of ether oxygens (including phenoxy) is 1. The Hall–Kier alpha value is -0.960. The van der Waals surface area contributed by atoms with Crippen LogP contribution in [0.5, 0.6) is 0 Å². The second kappa shape index (κ2) is 4.05. The molecular formula is C11H13NOS. The van der Waals surface area contributed by atoms with Crippen LogP contribution in [0.2, 0.25) is 0 Å². The van der Waals surface area contributed by atoms with Gasteiger partial charge in [0.15, 0.2) is 11.3 Å². The molecule has 0 N–H and O–H groups in total. The zero-order valence-corrected chi connectivity index (χ0v) is 9.17. The van der Waals surface area contributed by atoms with Gasteiger partial charge in [-0.1, -0.05) is 25.1 Å². The monoisotopic (exact) mass is 207 g/mol. The standard InChI is InChI=1S/C11H13NOS/c1-3-14-11-9-6-4-5-7-10(9)12-8(2)13-11/h4-7,11H,3H2,1-2H3. The molecule has 74 valence electrons. The number of hydrogen-bond donors (Lipinski definition) is 0. The Labute approximate surface area is 88.4 Å². The number of nitrogens with zero attached hydrogens (tertiary/aromatic N) is 1. The van der Waals surface area contributed by atoms with Gasteiger partial charge >= 0.3 is 0 Å². The average molecular weight is 207 g/mol. The van der Waals surface area contributed by atoms with Crippen LogP contribution in [0.1, 0.15) is 24.8 Å². The van der Waals surface area contributed by atoms with Gasteiger partial charge in [-0.3, -0.25) is 0 Å². The number of fused-ring (bicyclic) bond motifs is 1. The van der Waals surface area contributed by atoms with Crippen LogP contribution in [0, 0.1) is 0 Å². The summed E-state index contributed by atoms with van der Waals surface area (Å²) in [5.41, 5.74) is 2.35. The van der Waals surface area contributed by atoms with Crippen molar-refractivity contribution in [3.05, 3.63) is 29.8 Å². The summed E-state index contributed by atoms with van der Waals surface area (Å²) in [4.78, 5) is 4.36. The van der Waals surface area contributed by atoms with Crippen LogP contribution < -0.4 is 0 Å². The molecule has 0 aromatic heterocycles. The van der Waals surface area contributed by atoms with Gasteiger partial charge in [0, 0.05) is 12.5 Å². The molecular weight excluding hydrogens is 194 g/mol. The third kappa shape index (κ3) is 1.77. The highest BCUT2D eigenvalue weighted by atomic mass is 32.2. The molecule has 14 heavy (non-hydrogen) atoms. The lowest BCUT2D eigenvalue weighted by Gasteiger charge is -2.23. The van der Waals surface area contributed by atoms with Gasteiger partial charge in [0.05, 0.1) is 5.69 Å². The van der Waals surface area contributed by atoms with Crippen molar-refractivity contribution >= 4 is 23.3 Å². The largest absolute Gasteiger partial charge is 0.462 e. The van der Waals surface area contributed by atoms with E-state index in [1.165, 1.54) is 5.56 Å². The minimum atomic E-state index is 0.119. The summed E-state index contributed by atoms with van der Waals surface area (Å²) in [7, 11) is 0. The highest BCUT2D eigenvalue weighted by Gasteiger charge is 2.20. The summed E-state index contributed by atoms with van der Waals surface area (Å²) in [5, 5.41) is 0. The van der Waals surface area contributed by atoms with Gasteiger partial charge in [-0.25, -0.2) is 4.99 Å². The van der Waals surface area contributed by atoms with Gasteiger partial charge in [0.25, 0.3) is 0 Å². The number of hydrogen-bond acceptors (Lipinski definition) is 3. The van der Waals surface area contributed by atoms with Crippen LogP contribution in [0.3, 0.4) is 0 Å². The lowest BCUT2D eigenvalue weighted by atomic mass is 10.2. The topological polar surface area (TPSA) is 21.6 Å². The molecule has 0 aliphatic carbocycles. The molecule has 2 nitrogen and oxygen atoms in total. The SMILES string of the molecule is CCSC1OC(C)=Nc2ccccc21. The molecule has 2 rings (SSSR count). The first-order valence-corrected chi connectivity index (χ1v) is 5.78. The van der Waals surface area contributed by atoms with Crippen molar-refractivity contribution in [2.75, 3.05) is 5.75 Å². The minimum absolute atomic E-state index is 0.119. The fraction of sp³-hybridized carbons (Fsp3) is 0.364. The van der Waals surface area contributed by atoms with Crippen LogP contribution in [-0.2, 0) is 4.74 Å². The van der Waals surface area contributed by atoms with E-state index in [9.17, 15) is 0 Å². The Morgan fingerprint density at radius 3 is 3.00 bits per heavy atom. The number of aliphatic imine (C=N–C) groups is 1. The van der Waals surface area contributed by atoms with Crippen LogP contribution in [-0.4, -0.2) is 11.7 Å². The highest BCUT2D eigenvalue weighted by Crippen LogP contribution is 2.39. The molecule has 1 aromatic rings. The van der Waals surface area contributed by atoms with Crippen LogP contribution >= 0.6 is 11.8 Å². The smallest absolute Gasteiger partial charge is 0.187 e. The molecule has 0 bridgehead atoms. The molecule has 3 heteroatoms. The predicted octanol–water partition coefficient (Wildman–Crippen LogP) is 3.52. The van der Waals surface area contributed by atoms with Gasteiger partial charge in [0.2, 0.25) is 0 Å². The lowest BCUT2D eigenvalue weighted by molar-refractivity contribution is 0.273. The Morgan fingerprint density at radius 1 is 1.43 bits per heavy atom. The Kier molecular flexibility index (Phi) is 2.77. The molecule has 1 aromatic carbocycles. The van der Waals surface area contributed by atoms with Gasteiger partial charge in [-0.2, -0.15) is 0 Å². The Morgan fingerprint density at radius 2 is 2.21 bits per heavy atom. The van der Waals surface area contributed by atoms with E-state index in [-0.39, 0.29) is 5.44 Å². The summed E-state index contributed by atoms with van der Waals surface area (Å²) in [6.07, 6.45) is 0.